The number of aliphatic hydroxyl groups excluding tert-OH is 1. The Bertz CT molecular complexity index is 918. The Morgan fingerprint density at radius 2 is 1.92 bits per heavy atom. The highest BCUT2D eigenvalue weighted by Crippen LogP contribution is 2.63. The average molecular weight is 362 g/mol. The Kier molecular flexibility index (Phi) is 4.16. The summed E-state index contributed by atoms with van der Waals surface area (Å²) in [6.07, 6.45) is 0. The van der Waals surface area contributed by atoms with E-state index in [1.165, 1.54) is 12.1 Å². The summed E-state index contributed by atoms with van der Waals surface area (Å²) >= 11 is 6.00. The van der Waals surface area contributed by atoms with Crippen LogP contribution in [0.4, 0.5) is 0 Å². The van der Waals surface area contributed by atoms with Gasteiger partial charge in [0.05, 0.1) is 22.8 Å². The van der Waals surface area contributed by atoms with Crippen LogP contribution in [0.3, 0.4) is 0 Å². The summed E-state index contributed by atoms with van der Waals surface area (Å²) in [7, 11) is -3.75. The molecule has 1 aliphatic rings. The van der Waals surface area contributed by atoms with Gasteiger partial charge in [0.25, 0.3) is 0 Å². The van der Waals surface area contributed by atoms with Crippen molar-refractivity contribution in [1.29, 1.82) is 5.26 Å². The molecule has 3 atom stereocenters. The molecule has 0 radical (unpaired) electrons. The zero-order chi connectivity index (χ0) is 17.5. The van der Waals surface area contributed by atoms with Gasteiger partial charge in [-0.25, -0.2) is 8.42 Å². The molecule has 0 saturated heterocycles. The molecule has 1 saturated carbocycles. The lowest BCUT2D eigenvalue weighted by Gasteiger charge is -2.06. The van der Waals surface area contributed by atoms with Gasteiger partial charge < -0.3 is 5.11 Å². The van der Waals surface area contributed by atoms with Crippen molar-refractivity contribution in [2.45, 2.75) is 23.0 Å². The molecule has 0 bridgehead atoms. The minimum absolute atomic E-state index is 0.163. The van der Waals surface area contributed by atoms with Crippen molar-refractivity contribution in [2.75, 3.05) is 6.61 Å². The Morgan fingerprint density at radius 3 is 2.46 bits per heavy atom. The van der Waals surface area contributed by atoms with Gasteiger partial charge in [0.2, 0.25) is 0 Å². The van der Waals surface area contributed by atoms with Crippen LogP contribution < -0.4 is 0 Å². The van der Waals surface area contributed by atoms with Gasteiger partial charge in [-0.05, 0) is 36.8 Å². The van der Waals surface area contributed by atoms with Crippen LogP contribution in [0.5, 0.6) is 0 Å². The molecule has 0 heterocycles. The van der Waals surface area contributed by atoms with E-state index in [0.29, 0.717) is 10.6 Å². The lowest BCUT2D eigenvalue weighted by Crippen LogP contribution is -2.18. The summed E-state index contributed by atoms with van der Waals surface area (Å²) in [6.45, 7) is 1.35. The summed E-state index contributed by atoms with van der Waals surface area (Å²) in [5.41, 5.74) is 0.262. The Morgan fingerprint density at radius 1 is 1.25 bits per heavy atom. The molecule has 6 heteroatoms. The van der Waals surface area contributed by atoms with Gasteiger partial charge in [0.15, 0.2) is 9.84 Å². The first-order chi connectivity index (χ1) is 11.4. The fourth-order valence-electron chi connectivity index (χ4n) is 3.26. The van der Waals surface area contributed by atoms with Crippen LogP contribution in [0.25, 0.3) is 0 Å². The van der Waals surface area contributed by atoms with Crippen molar-refractivity contribution >= 4 is 21.4 Å². The Hall–Kier alpha value is -1.87. The summed E-state index contributed by atoms with van der Waals surface area (Å²) in [6, 6.07) is 15.3. The third-order valence-electron chi connectivity index (χ3n) is 4.62. The molecule has 0 spiro atoms. The summed E-state index contributed by atoms with van der Waals surface area (Å²) < 4.78 is 26.0. The first kappa shape index (κ1) is 17.0. The second-order valence-corrected chi connectivity index (χ2v) is 8.63. The second kappa shape index (κ2) is 5.89. The van der Waals surface area contributed by atoms with Crippen LogP contribution >= 0.6 is 11.6 Å². The molecule has 2 aromatic carbocycles. The number of aryl methyl sites for hydroxylation is 1. The highest BCUT2D eigenvalue weighted by atomic mass is 35.5. The van der Waals surface area contributed by atoms with E-state index in [1.54, 1.807) is 36.4 Å². The first-order valence-corrected chi connectivity index (χ1v) is 9.37. The lowest BCUT2D eigenvalue weighted by molar-refractivity contribution is 0.242. The Labute approximate surface area is 146 Å². The minimum Gasteiger partial charge on any atom is -0.395 e. The van der Waals surface area contributed by atoms with E-state index >= 15 is 0 Å². The van der Waals surface area contributed by atoms with Crippen LogP contribution in [-0.4, -0.2) is 25.4 Å². The maximum Gasteiger partial charge on any atom is 0.183 e. The number of nitriles is 1. The largest absolute Gasteiger partial charge is 0.395 e. The van der Waals surface area contributed by atoms with Crippen LogP contribution in [0.15, 0.2) is 53.4 Å². The molecule has 0 aromatic heterocycles. The zero-order valence-corrected chi connectivity index (χ0v) is 14.6. The molecule has 0 unspecified atom stereocenters. The van der Waals surface area contributed by atoms with Crippen molar-refractivity contribution in [1.82, 2.24) is 0 Å². The van der Waals surface area contributed by atoms with Crippen LogP contribution in [-0.2, 0) is 9.84 Å². The maximum absolute atomic E-state index is 13.0. The number of hydrogen-bond donors (Lipinski definition) is 1. The molecule has 4 nitrogen and oxygen atoms in total. The van der Waals surface area contributed by atoms with E-state index in [9.17, 15) is 18.8 Å². The van der Waals surface area contributed by atoms with Gasteiger partial charge in [-0.2, -0.15) is 5.26 Å². The maximum atomic E-state index is 13.0. The Balaban J connectivity index is 2.08. The number of sulfone groups is 1. The third-order valence-corrected chi connectivity index (χ3v) is 7.14. The average Bonchev–Trinajstić information content (AvgIpc) is 3.26. The fraction of sp³-hybridized carbons (Fsp3) is 0.278. The van der Waals surface area contributed by atoms with Crippen molar-refractivity contribution in [3.63, 3.8) is 0 Å². The highest BCUT2D eigenvalue weighted by Gasteiger charge is 2.72. The highest BCUT2D eigenvalue weighted by molar-refractivity contribution is 7.92. The summed E-state index contributed by atoms with van der Waals surface area (Å²) in [5.74, 6) is -0.600. The number of rotatable bonds is 4. The van der Waals surface area contributed by atoms with Crippen molar-refractivity contribution < 1.29 is 13.5 Å². The van der Waals surface area contributed by atoms with Crippen LogP contribution in [0, 0.1) is 23.7 Å². The van der Waals surface area contributed by atoms with Gasteiger partial charge in [-0.3, -0.25) is 0 Å². The number of nitrogens with zero attached hydrogens (tertiary/aromatic N) is 1. The quantitative estimate of drug-likeness (QED) is 0.907. The first-order valence-electron chi connectivity index (χ1n) is 7.45. The fourth-order valence-corrected chi connectivity index (χ4v) is 5.78. The van der Waals surface area contributed by atoms with Gasteiger partial charge >= 0.3 is 0 Å². The molecular weight excluding hydrogens is 346 g/mol. The molecule has 2 aromatic rings. The standard InChI is InChI=1S/C18H16ClNO3S/c1-12-5-7-15(8-6-12)24(22,23)17-16(18(17,10-20)11-21)13-3-2-4-14(19)9-13/h2-9,16-17,21H,11H2,1H3/t16-,17-,18+/m1/s1. The van der Waals surface area contributed by atoms with Gasteiger partial charge in [0.1, 0.15) is 5.41 Å². The molecule has 24 heavy (non-hydrogen) atoms. The predicted molar refractivity (Wildman–Crippen MR) is 91.5 cm³/mol. The second-order valence-electron chi connectivity index (χ2n) is 6.12. The smallest absolute Gasteiger partial charge is 0.183 e. The van der Waals surface area contributed by atoms with E-state index in [2.05, 4.69) is 0 Å². The van der Waals surface area contributed by atoms with E-state index in [1.807, 2.05) is 13.0 Å². The number of halogens is 1. The van der Waals surface area contributed by atoms with Gasteiger partial charge in [-0.15, -0.1) is 0 Å². The predicted octanol–water partition coefficient (Wildman–Crippen LogP) is 3.09. The molecular formula is C18H16ClNO3S. The molecule has 0 amide bonds. The molecule has 1 fully saturated rings. The van der Waals surface area contributed by atoms with E-state index < -0.39 is 33.0 Å². The van der Waals surface area contributed by atoms with E-state index in [0.717, 1.165) is 5.56 Å². The topological polar surface area (TPSA) is 78.2 Å². The molecule has 1 N–H and O–H groups in total. The number of benzene rings is 2. The third kappa shape index (κ3) is 2.51. The molecule has 3 rings (SSSR count). The van der Waals surface area contributed by atoms with Crippen molar-refractivity contribution in [3.8, 4) is 6.07 Å². The summed E-state index contributed by atoms with van der Waals surface area (Å²) in [5, 5.41) is 18.8. The van der Waals surface area contributed by atoms with Crippen LogP contribution in [0.2, 0.25) is 5.02 Å². The minimum atomic E-state index is -3.75. The van der Waals surface area contributed by atoms with E-state index in [4.69, 9.17) is 11.6 Å². The van der Waals surface area contributed by atoms with Gasteiger partial charge in [0, 0.05) is 10.9 Å². The zero-order valence-electron chi connectivity index (χ0n) is 13.0. The molecule has 0 aliphatic heterocycles. The normalized spacial score (nSPS) is 25.9. The number of hydrogen-bond acceptors (Lipinski definition) is 4. The molecule has 124 valence electrons. The lowest BCUT2D eigenvalue weighted by atomic mass is 10.0. The number of aliphatic hydroxyl groups is 1. The van der Waals surface area contributed by atoms with Crippen molar-refractivity contribution in [2.24, 2.45) is 5.41 Å². The SMILES string of the molecule is Cc1ccc(S(=O)(=O)[C@@H]2[C@@H](c3cccc(Cl)c3)[C@]2(C#N)CO)cc1. The molecule has 1 aliphatic carbocycles. The van der Waals surface area contributed by atoms with Crippen LogP contribution in [0.1, 0.15) is 17.0 Å². The van der Waals surface area contributed by atoms with Gasteiger partial charge in [-0.1, -0.05) is 41.4 Å². The van der Waals surface area contributed by atoms with E-state index in [-0.39, 0.29) is 4.90 Å². The van der Waals surface area contributed by atoms with Crippen molar-refractivity contribution in [3.05, 3.63) is 64.7 Å². The summed E-state index contributed by atoms with van der Waals surface area (Å²) in [4.78, 5) is 0.163. The monoisotopic (exact) mass is 361 g/mol.